The molecule has 1 aromatic carbocycles. The predicted molar refractivity (Wildman–Crippen MR) is 72.3 cm³/mol. The fourth-order valence-corrected chi connectivity index (χ4v) is 3.03. The van der Waals surface area contributed by atoms with E-state index in [9.17, 15) is 5.11 Å². The standard InChI is InChI=1S/C16H24O/c1-13(17)12-15-10-6-7-11-16(15)14-8-4-2-3-5-9-14/h6-7,10-11,13-14,17H,2-5,8-9,12H2,1H3. The summed E-state index contributed by atoms with van der Waals surface area (Å²) < 4.78 is 0. The van der Waals surface area contributed by atoms with E-state index in [1.54, 1.807) is 0 Å². The van der Waals surface area contributed by atoms with Crippen molar-refractivity contribution in [3.63, 3.8) is 0 Å². The molecular weight excluding hydrogens is 208 g/mol. The third-order valence-electron chi connectivity index (χ3n) is 3.87. The third-order valence-corrected chi connectivity index (χ3v) is 3.87. The van der Waals surface area contributed by atoms with Gasteiger partial charge in [-0.25, -0.2) is 0 Å². The molecule has 1 atom stereocenters. The fourth-order valence-electron chi connectivity index (χ4n) is 3.03. The summed E-state index contributed by atoms with van der Waals surface area (Å²) in [6, 6.07) is 8.70. The van der Waals surface area contributed by atoms with Gasteiger partial charge in [0.25, 0.3) is 0 Å². The van der Waals surface area contributed by atoms with E-state index in [2.05, 4.69) is 24.3 Å². The molecule has 0 radical (unpaired) electrons. The smallest absolute Gasteiger partial charge is 0.0552 e. The average molecular weight is 232 g/mol. The van der Waals surface area contributed by atoms with Gasteiger partial charge in [0.15, 0.2) is 0 Å². The van der Waals surface area contributed by atoms with Gasteiger partial charge < -0.3 is 5.11 Å². The molecule has 1 saturated carbocycles. The van der Waals surface area contributed by atoms with Gasteiger partial charge in [-0.1, -0.05) is 49.9 Å². The lowest BCUT2D eigenvalue weighted by molar-refractivity contribution is 0.195. The van der Waals surface area contributed by atoms with E-state index in [0.717, 1.165) is 12.3 Å². The van der Waals surface area contributed by atoms with Crippen molar-refractivity contribution in [3.8, 4) is 0 Å². The Morgan fingerprint density at radius 2 is 1.76 bits per heavy atom. The number of rotatable bonds is 3. The van der Waals surface area contributed by atoms with Crippen LogP contribution in [0.5, 0.6) is 0 Å². The molecule has 1 aromatic rings. The Labute approximate surface area is 105 Å². The molecule has 0 amide bonds. The zero-order valence-electron chi connectivity index (χ0n) is 10.9. The van der Waals surface area contributed by atoms with Crippen molar-refractivity contribution < 1.29 is 5.11 Å². The summed E-state index contributed by atoms with van der Waals surface area (Å²) in [5.74, 6) is 0.729. The van der Waals surface area contributed by atoms with Crippen LogP contribution in [0, 0.1) is 0 Å². The summed E-state index contributed by atoms with van der Waals surface area (Å²) in [7, 11) is 0. The van der Waals surface area contributed by atoms with Gasteiger partial charge in [0.2, 0.25) is 0 Å². The zero-order chi connectivity index (χ0) is 12.1. The minimum absolute atomic E-state index is 0.234. The first-order chi connectivity index (χ1) is 8.27. The fraction of sp³-hybridized carbons (Fsp3) is 0.625. The highest BCUT2D eigenvalue weighted by molar-refractivity contribution is 5.31. The molecule has 1 aliphatic rings. The Kier molecular flexibility index (Phi) is 4.61. The van der Waals surface area contributed by atoms with Crippen molar-refractivity contribution >= 4 is 0 Å². The molecule has 1 N–H and O–H groups in total. The van der Waals surface area contributed by atoms with Crippen LogP contribution in [0.2, 0.25) is 0 Å². The molecule has 1 nitrogen and oxygen atoms in total. The Bertz CT molecular complexity index is 335. The molecule has 0 aromatic heterocycles. The number of hydrogen-bond donors (Lipinski definition) is 1. The van der Waals surface area contributed by atoms with Gasteiger partial charge in [-0.05, 0) is 43.2 Å². The third kappa shape index (κ3) is 3.57. The lowest BCUT2D eigenvalue weighted by Gasteiger charge is -2.19. The van der Waals surface area contributed by atoms with Crippen molar-refractivity contribution in [1.29, 1.82) is 0 Å². The summed E-state index contributed by atoms with van der Waals surface area (Å²) in [4.78, 5) is 0. The van der Waals surface area contributed by atoms with Gasteiger partial charge in [-0.15, -0.1) is 0 Å². The van der Waals surface area contributed by atoms with Crippen LogP contribution in [0.3, 0.4) is 0 Å². The van der Waals surface area contributed by atoms with E-state index >= 15 is 0 Å². The maximum absolute atomic E-state index is 9.58. The number of benzene rings is 1. The molecule has 94 valence electrons. The Hall–Kier alpha value is -0.820. The number of aliphatic hydroxyl groups excluding tert-OH is 1. The van der Waals surface area contributed by atoms with Crippen molar-refractivity contribution in [2.45, 2.75) is 63.9 Å². The van der Waals surface area contributed by atoms with Crippen LogP contribution in [0.4, 0.5) is 0 Å². The van der Waals surface area contributed by atoms with Crippen LogP contribution >= 0.6 is 0 Å². The molecule has 0 heterocycles. The number of hydrogen-bond acceptors (Lipinski definition) is 1. The second-order valence-corrected chi connectivity index (χ2v) is 5.44. The lowest BCUT2D eigenvalue weighted by atomic mass is 9.87. The largest absolute Gasteiger partial charge is 0.393 e. The molecule has 0 saturated heterocycles. The van der Waals surface area contributed by atoms with Crippen molar-refractivity contribution in [1.82, 2.24) is 0 Å². The van der Waals surface area contributed by atoms with Crippen LogP contribution in [-0.2, 0) is 6.42 Å². The first-order valence-electron chi connectivity index (χ1n) is 7.03. The van der Waals surface area contributed by atoms with E-state index in [1.807, 2.05) is 6.92 Å². The maximum atomic E-state index is 9.58. The van der Waals surface area contributed by atoms with Crippen LogP contribution < -0.4 is 0 Å². The first kappa shape index (κ1) is 12.6. The quantitative estimate of drug-likeness (QED) is 0.780. The van der Waals surface area contributed by atoms with Gasteiger partial charge in [-0.2, -0.15) is 0 Å². The van der Waals surface area contributed by atoms with E-state index in [0.29, 0.717) is 0 Å². The van der Waals surface area contributed by atoms with Crippen molar-refractivity contribution in [2.75, 3.05) is 0 Å². The van der Waals surface area contributed by atoms with E-state index < -0.39 is 0 Å². The highest BCUT2D eigenvalue weighted by atomic mass is 16.3. The minimum atomic E-state index is -0.234. The second-order valence-electron chi connectivity index (χ2n) is 5.44. The summed E-state index contributed by atoms with van der Waals surface area (Å²) in [5, 5.41) is 9.58. The summed E-state index contributed by atoms with van der Waals surface area (Å²) >= 11 is 0. The SMILES string of the molecule is CC(O)Cc1ccccc1C1CCCCCC1. The van der Waals surface area contributed by atoms with E-state index in [4.69, 9.17) is 0 Å². The predicted octanol–water partition coefficient (Wildman–Crippen LogP) is 4.05. The van der Waals surface area contributed by atoms with Crippen molar-refractivity contribution in [2.24, 2.45) is 0 Å². The van der Waals surface area contributed by atoms with E-state index in [-0.39, 0.29) is 6.10 Å². The molecule has 1 unspecified atom stereocenters. The topological polar surface area (TPSA) is 20.2 Å². The summed E-state index contributed by atoms with van der Waals surface area (Å²) in [6.07, 6.45) is 8.76. The van der Waals surface area contributed by atoms with Gasteiger partial charge in [0.1, 0.15) is 0 Å². The second kappa shape index (κ2) is 6.20. The van der Waals surface area contributed by atoms with Crippen LogP contribution in [0.1, 0.15) is 62.5 Å². The summed E-state index contributed by atoms with van der Waals surface area (Å²) in [6.45, 7) is 1.88. The number of aliphatic hydroxyl groups is 1. The molecule has 2 rings (SSSR count). The highest BCUT2D eigenvalue weighted by Crippen LogP contribution is 2.33. The molecule has 17 heavy (non-hydrogen) atoms. The Morgan fingerprint density at radius 1 is 1.12 bits per heavy atom. The van der Waals surface area contributed by atoms with Crippen molar-refractivity contribution in [3.05, 3.63) is 35.4 Å². The first-order valence-corrected chi connectivity index (χ1v) is 7.03. The maximum Gasteiger partial charge on any atom is 0.0552 e. The average Bonchev–Trinajstić information content (AvgIpc) is 2.57. The molecule has 1 fully saturated rings. The lowest BCUT2D eigenvalue weighted by Crippen LogP contribution is -2.09. The van der Waals surface area contributed by atoms with Crippen LogP contribution in [0.15, 0.2) is 24.3 Å². The van der Waals surface area contributed by atoms with Crippen LogP contribution in [0.25, 0.3) is 0 Å². The van der Waals surface area contributed by atoms with Crippen LogP contribution in [-0.4, -0.2) is 11.2 Å². The normalized spacial score (nSPS) is 19.9. The summed E-state index contributed by atoms with van der Waals surface area (Å²) in [5.41, 5.74) is 2.85. The highest BCUT2D eigenvalue weighted by Gasteiger charge is 2.17. The molecule has 1 heteroatoms. The van der Waals surface area contributed by atoms with Gasteiger partial charge in [-0.3, -0.25) is 0 Å². The Balaban J connectivity index is 2.17. The van der Waals surface area contributed by atoms with Gasteiger partial charge in [0, 0.05) is 0 Å². The zero-order valence-corrected chi connectivity index (χ0v) is 10.9. The molecule has 1 aliphatic carbocycles. The van der Waals surface area contributed by atoms with E-state index in [1.165, 1.54) is 49.7 Å². The Morgan fingerprint density at radius 3 is 2.41 bits per heavy atom. The monoisotopic (exact) mass is 232 g/mol. The molecular formula is C16H24O. The minimum Gasteiger partial charge on any atom is -0.393 e. The molecule has 0 aliphatic heterocycles. The molecule has 0 spiro atoms. The van der Waals surface area contributed by atoms with Gasteiger partial charge in [0.05, 0.1) is 6.10 Å². The van der Waals surface area contributed by atoms with Gasteiger partial charge >= 0.3 is 0 Å². The molecule has 0 bridgehead atoms.